The van der Waals surface area contributed by atoms with Crippen molar-refractivity contribution in [2.75, 3.05) is 0 Å². The van der Waals surface area contributed by atoms with Crippen LogP contribution in [0.2, 0.25) is 0 Å². The molecule has 2 fully saturated rings. The van der Waals surface area contributed by atoms with Crippen LogP contribution in [0.25, 0.3) is 5.57 Å². The molecule has 0 saturated heterocycles. The van der Waals surface area contributed by atoms with Gasteiger partial charge in [-0.2, -0.15) is 0 Å². The van der Waals surface area contributed by atoms with Gasteiger partial charge in [0.1, 0.15) is 0 Å². The Morgan fingerprint density at radius 2 is 1.96 bits per heavy atom. The molecule has 0 aliphatic heterocycles. The van der Waals surface area contributed by atoms with E-state index in [1.807, 2.05) is 0 Å². The molecular weight excluding hydrogens is 330 g/mol. The molecule has 4 aliphatic carbocycles. The lowest BCUT2D eigenvalue weighted by atomic mass is 9.45. The van der Waals surface area contributed by atoms with Crippen molar-refractivity contribution in [3.8, 4) is 0 Å². The SMILES string of the molecule is CC[C@H]1C=C2C[C@H](O)CC[C@]2(C)[C@H]2CC[C@]3(C)C(c4cc[nH]c4)=CC[C@H]3[C@H]12. The lowest BCUT2D eigenvalue weighted by molar-refractivity contribution is -0.0464. The summed E-state index contributed by atoms with van der Waals surface area (Å²) in [5.74, 6) is 3.05. The van der Waals surface area contributed by atoms with Crippen LogP contribution in [-0.2, 0) is 0 Å². The maximum atomic E-state index is 10.3. The molecule has 0 bridgehead atoms. The zero-order valence-corrected chi connectivity index (χ0v) is 17.2. The van der Waals surface area contributed by atoms with E-state index in [0.29, 0.717) is 16.7 Å². The average molecular weight is 366 g/mol. The molecule has 2 heteroatoms. The first-order valence-electron chi connectivity index (χ1n) is 11.2. The van der Waals surface area contributed by atoms with Crippen molar-refractivity contribution in [3.05, 3.63) is 41.7 Å². The van der Waals surface area contributed by atoms with Gasteiger partial charge >= 0.3 is 0 Å². The number of H-pyrrole nitrogens is 1. The molecule has 0 amide bonds. The number of rotatable bonds is 2. The molecule has 4 aliphatic rings. The lowest BCUT2D eigenvalue weighted by Crippen LogP contribution is -2.52. The zero-order chi connectivity index (χ0) is 18.8. The highest BCUT2D eigenvalue weighted by atomic mass is 16.3. The van der Waals surface area contributed by atoms with Crippen LogP contribution in [0.15, 0.2) is 36.2 Å². The van der Waals surface area contributed by atoms with Gasteiger partial charge in [-0.3, -0.25) is 0 Å². The Labute approximate surface area is 164 Å². The van der Waals surface area contributed by atoms with E-state index in [1.165, 1.54) is 37.7 Å². The van der Waals surface area contributed by atoms with Crippen molar-refractivity contribution in [2.45, 2.75) is 71.8 Å². The van der Waals surface area contributed by atoms with E-state index < -0.39 is 0 Å². The molecular formula is C25H35NO. The third kappa shape index (κ3) is 2.41. The van der Waals surface area contributed by atoms with Crippen molar-refractivity contribution < 1.29 is 5.11 Å². The average Bonchev–Trinajstić information content (AvgIpc) is 3.28. The van der Waals surface area contributed by atoms with Crippen LogP contribution in [0.1, 0.15) is 71.3 Å². The minimum Gasteiger partial charge on any atom is -0.393 e. The first-order valence-corrected chi connectivity index (χ1v) is 11.2. The quantitative estimate of drug-likeness (QED) is 0.623. The van der Waals surface area contributed by atoms with E-state index in [-0.39, 0.29) is 6.10 Å². The minimum atomic E-state index is -0.111. The molecule has 2 N–H and O–H groups in total. The molecule has 0 unspecified atom stereocenters. The number of aromatic nitrogens is 1. The fourth-order valence-electron chi connectivity index (χ4n) is 7.70. The van der Waals surface area contributed by atoms with Crippen molar-refractivity contribution in [2.24, 2.45) is 34.5 Å². The van der Waals surface area contributed by atoms with Gasteiger partial charge in [0.15, 0.2) is 0 Å². The molecule has 1 aromatic rings. The van der Waals surface area contributed by atoms with Crippen molar-refractivity contribution in [1.82, 2.24) is 4.98 Å². The highest BCUT2D eigenvalue weighted by Gasteiger charge is 2.58. The minimum absolute atomic E-state index is 0.111. The number of fused-ring (bicyclic) bond motifs is 5. The predicted octanol–water partition coefficient (Wildman–Crippen LogP) is 5.97. The van der Waals surface area contributed by atoms with Crippen LogP contribution in [0.5, 0.6) is 0 Å². The topological polar surface area (TPSA) is 36.0 Å². The molecule has 1 heterocycles. The van der Waals surface area contributed by atoms with Crippen LogP contribution in [-0.4, -0.2) is 16.2 Å². The zero-order valence-electron chi connectivity index (χ0n) is 17.2. The van der Waals surface area contributed by atoms with Crippen LogP contribution < -0.4 is 0 Å². The summed E-state index contributed by atoms with van der Waals surface area (Å²) in [6, 6.07) is 2.26. The Bertz CT molecular complexity index is 774. The first-order chi connectivity index (χ1) is 13.0. The van der Waals surface area contributed by atoms with Crippen LogP contribution in [0, 0.1) is 34.5 Å². The van der Waals surface area contributed by atoms with Gasteiger partial charge in [0.2, 0.25) is 0 Å². The van der Waals surface area contributed by atoms with Gasteiger partial charge in [-0.1, -0.05) is 38.5 Å². The van der Waals surface area contributed by atoms with Gasteiger partial charge in [0, 0.05) is 12.4 Å². The molecule has 0 aromatic carbocycles. The number of aliphatic hydroxyl groups is 1. The highest BCUT2D eigenvalue weighted by Crippen LogP contribution is 2.67. The number of hydrogen-bond donors (Lipinski definition) is 2. The summed E-state index contributed by atoms with van der Waals surface area (Å²) >= 11 is 0. The summed E-state index contributed by atoms with van der Waals surface area (Å²) in [5, 5.41) is 10.3. The summed E-state index contributed by atoms with van der Waals surface area (Å²) in [6.07, 6.45) is 17.6. The second-order valence-electron chi connectivity index (χ2n) is 10.3. The fourth-order valence-corrected chi connectivity index (χ4v) is 7.70. The monoisotopic (exact) mass is 365 g/mol. The summed E-state index contributed by atoms with van der Waals surface area (Å²) in [7, 11) is 0. The smallest absolute Gasteiger partial charge is 0.0577 e. The maximum absolute atomic E-state index is 10.3. The normalized spacial score (nSPS) is 46.1. The van der Waals surface area contributed by atoms with Crippen molar-refractivity contribution >= 4 is 5.57 Å². The van der Waals surface area contributed by atoms with Crippen LogP contribution in [0.4, 0.5) is 0 Å². The molecule has 2 saturated carbocycles. The molecule has 1 aromatic heterocycles. The molecule has 7 atom stereocenters. The number of aliphatic hydroxyl groups excluding tert-OH is 1. The fraction of sp³-hybridized carbons (Fsp3) is 0.680. The van der Waals surface area contributed by atoms with E-state index in [9.17, 15) is 5.11 Å². The van der Waals surface area contributed by atoms with E-state index in [2.05, 4.69) is 56.4 Å². The van der Waals surface area contributed by atoms with Gasteiger partial charge < -0.3 is 10.1 Å². The Morgan fingerprint density at radius 1 is 1.15 bits per heavy atom. The lowest BCUT2D eigenvalue weighted by Gasteiger charge is -2.60. The molecule has 2 nitrogen and oxygen atoms in total. The molecule has 5 rings (SSSR count). The van der Waals surface area contributed by atoms with Crippen LogP contribution in [0.3, 0.4) is 0 Å². The predicted molar refractivity (Wildman–Crippen MR) is 111 cm³/mol. The molecule has 27 heavy (non-hydrogen) atoms. The van der Waals surface area contributed by atoms with Gasteiger partial charge in [-0.25, -0.2) is 0 Å². The van der Waals surface area contributed by atoms with E-state index in [0.717, 1.165) is 30.6 Å². The molecule has 0 radical (unpaired) electrons. The number of allylic oxidation sites excluding steroid dienone is 3. The number of nitrogens with one attached hydrogen (secondary N) is 1. The Hall–Kier alpha value is -1.28. The molecule has 0 spiro atoms. The summed E-state index contributed by atoms with van der Waals surface area (Å²) in [4.78, 5) is 3.27. The number of aromatic amines is 1. The van der Waals surface area contributed by atoms with Gasteiger partial charge in [0.05, 0.1) is 6.10 Å². The van der Waals surface area contributed by atoms with Gasteiger partial charge in [0.25, 0.3) is 0 Å². The largest absolute Gasteiger partial charge is 0.393 e. The Kier molecular flexibility index (Phi) is 4.03. The Balaban J connectivity index is 1.54. The third-order valence-corrected chi connectivity index (χ3v) is 9.21. The Morgan fingerprint density at radius 3 is 2.70 bits per heavy atom. The second kappa shape index (κ2) is 6.11. The maximum Gasteiger partial charge on any atom is 0.0577 e. The second-order valence-corrected chi connectivity index (χ2v) is 10.3. The van der Waals surface area contributed by atoms with Crippen molar-refractivity contribution in [3.63, 3.8) is 0 Å². The standard InChI is InChI=1S/C25H35NO/c1-4-16-13-18-14-19(27)7-10-24(18,2)22-8-11-25(3)20(17-9-12-26-15-17)5-6-21(25)23(16)22/h5,9,12-13,15-16,19,21-23,26-27H,4,6-8,10-11,14H2,1-3H3/t16-,19+,21-,22-,23-,24-,25+/m0/s1. The van der Waals surface area contributed by atoms with E-state index >= 15 is 0 Å². The van der Waals surface area contributed by atoms with E-state index in [4.69, 9.17) is 0 Å². The summed E-state index contributed by atoms with van der Waals surface area (Å²) in [5.41, 5.74) is 5.25. The van der Waals surface area contributed by atoms with Gasteiger partial charge in [-0.05, 0) is 96.7 Å². The third-order valence-electron chi connectivity index (χ3n) is 9.21. The highest BCUT2D eigenvalue weighted by molar-refractivity contribution is 5.72. The van der Waals surface area contributed by atoms with Gasteiger partial charge in [-0.15, -0.1) is 0 Å². The number of hydrogen-bond acceptors (Lipinski definition) is 1. The van der Waals surface area contributed by atoms with Crippen molar-refractivity contribution in [1.29, 1.82) is 0 Å². The van der Waals surface area contributed by atoms with Crippen LogP contribution >= 0.6 is 0 Å². The summed E-state index contributed by atoms with van der Waals surface area (Å²) in [6.45, 7) is 7.47. The van der Waals surface area contributed by atoms with E-state index in [1.54, 1.807) is 11.1 Å². The summed E-state index contributed by atoms with van der Waals surface area (Å²) < 4.78 is 0. The molecule has 146 valence electrons. The first kappa shape index (κ1) is 17.8.